The summed E-state index contributed by atoms with van der Waals surface area (Å²) in [5.41, 5.74) is 4.48. The Labute approximate surface area is 129 Å². The first-order valence-corrected chi connectivity index (χ1v) is 8.62. The number of hydrogen-bond donors (Lipinski definition) is 1. The third kappa shape index (κ3) is 2.59. The van der Waals surface area contributed by atoms with Crippen LogP contribution in [-0.4, -0.2) is 18.8 Å². The summed E-state index contributed by atoms with van der Waals surface area (Å²) < 4.78 is 6.05. The zero-order valence-electron chi connectivity index (χ0n) is 13.7. The second kappa shape index (κ2) is 6.00. The average molecular weight is 287 g/mol. The van der Waals surface area contributed by atoms with Crippen LogP contribution in [0.15, 0.2) is 18.2 Å². The van der Waals surface area contributed by atoms with Gasteiger partial charge in [0.15, 0.2) is 0 Å². The van der Waals surface area contributed by atoms with Gasteiger partial charge in [-0.05, 0) is 57.2 Å². The SMILES string of the molecule is CCOC1CC(Nc2cccc(C)c2C)C12CCCCC2. The molecule has 0 radical (unpaired) electrons. The summed E-state index contributed by atoms with van der Waals surface area (Å²) in [4.78, 5) is 0. The zero-order valence-corrected chi connectivity index (χ0v) is 13.7. The van der Waals surface area contributed by atoms with Gasteiger partial charge in [0, 0.05) is 23.8 Å². The number of aryl methyl sites for hydroxylation is 1. The van der Waals surface area contributed by atoms with E-state index in [-0.39, 0.29) is 0 Å². The Morgan fingerprint density at radius 1 is 1.19 bits per heavy atom. The maximum absolute atomic E-state index is 6.05. The summed E-state index contributed by atoms with van der Waals surface area (Å²) in [6, 6.07) is 7.18. The molecule has 1 aromatic carbocycles. The highest BCUT2D eigenvalue weighted by molar-refractivity contribution is 5.55. The Hall–Kier alpha value is -1.02. The second-order valence-electron chi connectivity index (χ2n) is 6.92. The Morgan fingerprint density at radius 2 is 1.95 bits per heavy atom. The van der Waals surface area contributed by atoms with Crippen LogP contribution in [-0.2, 0) is 4.74 Å². The van der Waals surface area contributed by atoms with E-state index in [0.29, 0.717) is 17.6 Å². The highest BCUT2D eigenvalue weighted by Gasteiger charge is 2.55. The van der Waals surface area contributed by atoms with E-state index >= 15 is 0 Å². The molecule has 2 nitrogen and oxygen atoms in total. The van der Waals surface area contributed by atoms with Gasteiger partial charge >= 0.3 is 0 Å². The number of anilines is 1. The third-order valence-electron chi connectivity index (χ3n) is 5.87. The molecule has 2 aliphatic carbocycles. The first-order chi connectivity index (χ1) is 10.2. The molecule has 1 spiro atoms. The largest absolute Gasteiger partial charge is 0.381 e. The summed E-state index contributed by atoms with van der Waals surface area (Å²) in [7, 11) is 0. The van der Waals surface area contributed by atoms with Crippen molar-refractivity contribution < 1.29 is 4.74 Å². The molecule has 0 saturated heterocycles. The lowest BCUT2D eigenvalue weighted by molar-refractivity contribution is -0.134. The van der Waals surface area contributed by atoms with E-state index in [1.54, 1.807) is 0 Å². The van der Waals surface area contributed by atoms with Crippen LogP contribution in [0.1, 0.15) is 56.6 Å². The van der Waals surface area contributed by atoms with Gasteiger partial charge < -0.3 is 10.1 Å². The van der Waals surface area contributed by atoms with Crippen LogP contribution in [0.4, 0.5) is 5.69 Å². The van der Waals surface area contributed by atoms with Crippen LogP contribution in [0.3, 0.4) is 0 Å². The molecule has 0 aromatic heterocycles. The Bertz CT molecular complexity index is 490. The molecule has 1 N–H and O–H groups in total. The van der Waals surface area contributed by atoms with E-state index in [1.807, 2.05) is 0 Å². The van der Waals surface area contributed by atoms with Crippen molar-refractivity contribution in [2.24, 2.45) is 5.41 Å². The molecule has 0 amide bonds. The average Bonchev–Trinajstić information content (AvgIpc) is 2.51. The van der Waals surface area contributed by atoms with Crippen LogP contribution >= 0.6 is 0 Å². The molecule has 116 valence electrons. The van der Waals surface area contributed by atoms with Crippen molar-refractivity contribution in [2.75, 3.05) is 11.9 Å². The molecule has 0 aliphatic heterocycles. The van der Waals surface area contributed by atoms with Crippen molar-refractivity contribution in [1.82, 2.24) is 0 Å². The van der Waals surface area contributed by atoms with Crippen molar-refractivity contribution in [3.05, 3.63) is 29.3 Å². The van der Waals surface area contributed by atoms with E-state index in [0.717, 1.165) is 6.61 Å². The van der Waals surface area contributed by atoms with E-state index in [2.05, 4.69) is 44.3 Å². The second-order valence-corrected chi connectivity index (χ2v) is 6.92. The van der Waals surface area contributed by atoms with Gasteiger partial charge in [0.2, 0.25) is 0 Å². The number of rotatable bonds is 4. The lowest BCUT2D eigenvalue weighted by atomic mass is 9.55. The fourth-order valence-electron chi connectivity index (χ4n) is 4.36. The minimum absolute atomic E-state index is 0.393. The molecule has 2 heteroatoms. The van der Waals surface area contributed by atoms with Gasteiger partial charge in [-0.25, -0.2) is 0 Å². The van der Waals surface area contributed by atoms with Crippen LogP contribution in [0.5, 0.6) is 0 Å². The summed E-state index contributed by atoms with van der Waals surface area (Å²) >= 11 is 0. The van der Waals surface area contributed by atoms with E-state index < -0.39 is 0 Å². The van der Waals surface area contributed by atoms with Crippen molar-refractivity contribution >= 4 is 5.69 Å². The van der Waals surface area contributed by atoms with Crippen LogP contribution < -0.4 is 5.32 Å². The smallest absolute Gasteiger partial charge is 0.0670 e. The van der Waals surface area contributed by atoms with Gasteiger partial charge in [-0.1, -0.05) is 31.4 Å². The summed E-state index contributed by atoms with van der Waals surface area (Å²) in [6.07, 6.45) is 8.45. The highest BCUT2D eigenvalue weighted by atomic mass is 16.5. The molecule has 3 rings (SSSR count). The molecule has 2 aliphatic rings. The molecular formula is C19H29NO. The van der Waals surface area contributed by atoms with E-state index in [9.17, 15) is 0 Å². The summed E-state index contributed by atoms with van der Waals surface area (Å²) in [6.45, 7) is 7.40. The number of benzene rings is 1. The van der Waals surface area contributed by atoms with Gasteiger partial charge in [0.25, 0.3) is 0 Å². The lowest BCUT2D eigenvalue weighted by Gasteiger charge is -2.58. The van der Waals surface area contributed by atoms with Gasteiger partial charge in [-0.15, -0.1) is 0 Å². The van der Waals surface area contributed by atoms with Crippen molar-refractivity contribution in [1.29, 1.82) is 0 Å². The van der Waals surface area contributed by atoms with Crippen LogP contribution in [0.25, 0.3) is 0 Å². The predicted molar refractivity (Wildman–Crippen MR) is 88.9 cm³/mol. The van der Waals surface area contributed by atoms with Gasteiger partial charge in [0.1, 0.15) is 0 Å². The maximum Gasteiger partial charge on any atom is 0.0670 e. The normalized spacial score (nSPS) is 27.4. The molecule has 21 heavy (non-hydrogen) atoms. The predicted octanol–water partition coefficient (Wildman–Crippen LogP) is 4.84. The first-order valence-electron chi connectivity index (χ1n) is 8.62. The first kappa shape index (κ1) is 14.9. The molecule has 2 atom stereocenters. The topological polar surface area (TPSA) is 21.3 Å². The molecule has 0 heterocycles. The minimum Gasteiger partial charge on any atom is -0.381 e. The molecule has 2 fully saturated rings. The van der Waals surface area contributed by atoms with Crippen LogP contribution in [0.2, 0.25) is 0 Å². The molecular weight excluding hydrogens is 258 g/mol. The molecule has 2 unspecified atom stereocenters. The van der Waals surface area contributed by atoms with E-state index in [4.69, 9.17) is 4.74 Å². The standard InChI is InChI=1S/C19H29NO/c1-4-21-18-13-17(19(18)11-6-5-7-12-19)20-16-10-8-9-14(2)15(16)3/h8-10,17-18,20H,4-7,11-13H2,1-3H3. The monoisotopic (exact) mass is 287 g/mol. The fourth-order valence-corrected chi connectivity index (χ4v) is 4.36. The van der Waals surface area contributed by atoms with Crippen molar-refractivity contribution in [3.8, 4) is 0 Å². The van der Waals surface area contributed by atoms with Gasteiger partial charge in [-0.3, -0.25) is 0 Å². The Morgan fingerprint density at radius 3 is 2.67 bits per heavy atom. The zero-order chi connectivity index (χ0) is 14.9. The van der Waals surface area contributed by atoms with Gasteiger partial charge in [0.05, 0.1) is 6.10 Å². The summed E-state index contributed by atoms with van der Waals surface area (Å²) in [5.74, 6) is 0. The quantitative estimate of drug-likeness (QED) is 0.855. The highest BCUT2D eigenvalue weighted by Crippen LogP contribution is 2.54. The van der Waals surface area contributed by atoms with Crippen molar-refractivity contribution in [2.45, 2.75) is 71.4 Å². The fraction of sp³-hybridized carbons (Fsp3) is 0.684. The number of nitrogens with one attached hydrogen (secondary N) is 1. The maximum atomic E-state index is 6.05. The van der Waals surface area contributed by atoms with Gasteiger partial charge in [-0.2, -0.15) is 0 Å². The number of hydrogen-bond acceptors (Lipinski definition) is 2. The molecule has 2 saturated carbocycles. The van der Waals surface area contributed by atoms with E-state index in [1.165, 1.54) is 55.3 Å². The molecule has 0 bridgehead atoms. The minimum atomic E-state index is 0.393. The molecule has 1 aromatic rings. The Balaban J connectivity index is 1.77. The summed E-state index contributed by atoms with van der Waals surface area (Å²) in [5, 5.41) is 3.86. The number of ether oxygens (including phenoxy) is 1. The Kier molecular flexibility index (Phi) is 4.26. The van der Waals surface area contributed by atoms with Crippen molar-refractivity contribution in [3.63, 3.8) is 0 Å². The lowest BCUT2D eigenvalue weighted by Crippen LogP contribution is -2.62. The van der Waals surface area contributed by atoms with Crippen LogP contribution in [0, 0.1) is 19.3 Å². The third-order valence-corrected chi connectivity index (χ3v) is 5.87.